The van der Waals surface area contributed by atoms with Crippen LogP contribution in [0.1, 0.15) is 36.6 Å². The maximum absolute atomic E-state index is 11.9. The first-order valence-corrected chi connectivity index (χ1v) is 9.14. The predicted molar refractivity (Wildman–Crippen MR) is 98.5 cm³/mol. The number of hydrogen-bond donors (Lipinski definition) is 1. The average molecular weight is 357 g/mol. The van der Waals surface area contributed by atoms with Crippen molar-refractivity contribution < 1.29 is 9.53 Å². The normalized spacial score (nSPS) is 15.9. The number of nitrogens with zero attached hydrogens (tertiary/aromatic N) is 4. The zero-order valence-corrected chi connectivity index (χ0v) is 15.5. The predicted octanol–water partition coefficient (Wildman–Crippen LogP) is 1.55. The summed E-state index contributed by atoms with van der Waals surface area (Å²) >= 11 is 0. The Bertz CT molecular complexity index is 716. The number of amides is 1. The van der Waals surface area contributed by atoms with Crippen molar-refractivity contribution in [2.24, 2.45) is 0 Å². The van der Waals surface area contributed by atoms with E-state index in [0.717, 1.165) is 44.2 Å². The number of nitrogens with one attached hydrogen (secondary N) is 1. The van der Waals surface area contributed by atoms with Crippen molar-refractivity contribution in [3.8, 4) is 0 Å². The number of rotatable bonds is 7. The van der Waals surface area contributed by atoms with Crippen LogP contribution in [-0.4, -0.2) is 52.4 Å². The largest absolute Gasteiger partial charge is 0.384 e. The third-order valence-electron chi connectivity index (χ3n) is 4.69. The quantitative estimate of drug-likeness (QED) is 0.814. The van der Waals surface area contributed by atoms with Gasteiger partial charge in [0.05, 0.1) is 12.6 Å². The summed E-state index contributed by atoms with van der Waals surface area (Å²) < 4.78 is 7.11. The van der Waals surface area contributed by atoms with Crippen LogP contribution in [0.2, 0.25) is 0 Å². The van der Waals surface area contributed by atoms with Gasteiger partial charge in [-0.2, -0.15) is 0 Å². The van der Waals surface area contributed by atoms with Crippen molar-refractivity contribution in [3.63, 3.8) is 0 Å². The van der Waals surface area contributed by atoms with Gasteiger partial charge in [-0.05, 0) is 12.5 Å². The lowest BCUT2D eigenvalue weighted by Gasteiger charge is -2.20. The number of fused-ring (bicyclic) bond motifs is 1. The molecule has 3 rings (SSSR count). The Morgan fingerprint density at radius 3 is 2.81 bits per heavy atom. The molecule has 1 aromatic heterocycles. The molecule has 0 radical (unpaired) electrons. The fourth-order valence-electron chi connectivity index (χ4n) is 3.28. The van der Waals surface area contributed by atoms with Crippen LogP contribution in [0.5, 0.6) is 0 Å². The van der Waals surface area contributed by atoms with Crippen molar-refractivity contribution in [2.45, 2.75) is 38.9 Å². The molecule has 2 aromatic rings. The van der Waals surface area contributed by atoms with E-state index in [9.17, 15) is 4.79 Å². The number of ether oxygens (including phenoxy) is 1. The topological polar surface area (TPSA) is 72.3 Å². The van der Waals surface area contributed by atoms with Gasteiger partial charge >= 0.3 is 0 Å². The molecule has 0 fully saturated rings. The summed E-state index contributed by atoms with van der Waals surface area (Å²) in [5.41, 5.74) is 1.32. The van der Waals surface area contributed by atoms with E-state index in [4.69, 9.17) is 4.74 Å². The van der Waals surface area contributed by atoms with Crippen molar-refractivity contribution in [2.75, 3.05) is 26.8 Å². The van der Waals surface area contributed by atoms with Crippen LogP contribution in [0, 0.1) is 0 Å². The van der Waals surface area contributed by atoms with E-state index in [-0.39, 0.29) is 11.9 Å². The fourth-order valence-corrected chi connectivity index (χ4v) is 3.28. The molecular weight excluding hydrogens is 330 g/mol. The van der Waals surface area contributed by atoms with E-state index in [1.54, 1.807) is 7.11 Å². The number of hydrogen-bond acceptors (Lipinski definition) is 5. The number of carbonyl (C=O) groups is 1. The maximum atomic E-state index is 11.9. The summed E-state index contributed by atoms with van der Waals surface area (Å²) in [7, 11) is 1.59. The Morgan fingerprint density at radius 1 is 1.23 bits per heavy atom. The first-order valence-electron chi connectivity index (χ1n) is 9.14. The molecule has 26 heavy (non-hydrogen) atoms. The van der Waals surface area contributed by atoms with Crippen molar-refractivity contribution in [3.05, 3.63) is 47.5 Å². The average Bonchev–Trinajstić information content (AvgIpc) is 2.96. The molecular formula is C19H27N5O2. The van der Waals surface area contributed by atoms with Gasteiger partial charge in [-0.15, -0.1) is 10.2 Å². The van der Waals surface area contributed by atoms with E-state index in [1.807, 2.05) is 13.0 Å². The van der Waals surface area contributed by atoms with Gasteiger partial charge in [0.15, 0.2) is 5.82 Å². The summed E-state index contributed by atoms with van der Waals surface area (Å²) in [6.07, 6.45) is 1.22. The summed E-state index contributed by atoms with van der Waals surface area (Å²) in [6, 6.07) is 10.4. The Kier molecular flexibility index (Phi) is 6.35. The van der Waals surface area contributed by atoms with E-state index in [0.29, 0.717) is 13.0 Å². The van der Waals surface area contributed by atoms with E-state index >= 15 is 0 Å². The lowest BCUT2D eigenvalue weighted by Crippen LogP contribution is -2.30. The minimum Gasteiger partial charge on any atom is -0.384 e. The third kappa shape index (κ3) is 4.68. The molecule has 0 spiro atoms. The molecule has 1 aliphatic rings. The highest BCUT2D eigenvalue weighted by molar-refractivity contribution is 5.76. The molecule has 7 nitrogen and oxygen atoms in total. The highest BCUT2D eigenvalue weighted by Gasteiger charge is 2.22. The molecule has 0 saturated heterocycles. The van der Waals surface area contributed by atoms with Gasteiger partial charge in [0.2, 0.25) is 5.91 Å². The summed E-state index contributed by atoms with van der Waals surface area (Å²) in [5.74, 6) is 1.79. The first-order chi connectivity index (χ1) is 12.7. The zero-order valence-electron chi connectivity index (χ0n) is 15.5. The maximum Gasteiger partial charge on any atom is 0.222 e. The van der Waals surface area contributed by atoms with Crippen LogP contribution in [-0.2, 0) is 29.0 Å². The van der Waals surface area contributed by atoms with E-state index < -0.39 is 0 Å². The standard InChI is InChI=1S/C19H27N5O2/c1-15(20-18(25)9-13-26-2)19-22-21-17-8-10-23(11-12-24(17)19)14-16-6-4-3-5-7-16/h3-7,15H,8-14H2,1-2H3,(H,20,25)/t15-/m0/s1. The molecule has 140 valence electrons. The van der Waals surface area contributed by atoms with Crippen LogP contribution in [0.25, 0.3) is 0 Å². The fraction of sp³-hybridized carbons (Fsp3) is 0.526. The smallest absolute Gasteiger partial charge is 0.222 e. The minimum absolute atomic E-state index is 0.0315. The Labute approximate surface area is 154 Å². The second-order valence-corrected chi connectivity index (χ2v) is 6.67. The third-order valence-corrected chi connectivity index (χ3v) is 4.69. The van der Waals surface area contributed by atoms with Crippen molar-refractivity contribution in [1.82, 2.24) is 25.0 Å². The minimum atomic E-state index is -0.165. The molecule has 1 aliphatic heterocycles. The number of carbonyl (C=O) groups excluding carboxylic acids is 1. The zero-order chi connectivity index (χ0) is 18.4. The number of methoxy groups -OCH3 is 1. The molecule has 7 heteroatoms. The molecule has 0 aliphatic carbocycles. The molecule has 1 amide bonds. The lowest BCUT2D eigenvalue weighted by molar-refractivity contribution is -0.122. The van der Waals surface area contributed by atoms with Gasteiger partial charge in [0, 0.05) is 46.1 Å². The molecule has 1 aromatic carbocycles. The number of benzene rings is 1. The summed E-state index contributed by atoms with van der Waals surface area (Å²) in [4.78, 5) is 14.4. The van der Waals surface area contributed by atoms with Gasteiger partial charge in [0.25, 0.3) is 0 Å². The van der Waals surface area contributed by atoms with Crippen molar-refractivity contribution >= 4 is 5.91 Å². The van der Waals surface area contributed by atoms with Gasteiger partial charge in [0.1, 0.15) is 5.82 Å². The van der Waals surface area contributed by atoms with E-state index in [1.165, 1.54) is 5.56 Å². The Morgan fingerprint density at radius 2 is 2.04 bits per heavy atom. The number of aromatic nitrogens is 3. The monoisotopic (exact) mass is 357 g/mol. The highest BCUT2D eigenvalue weighted by Crippen LogP contribution is 2.16. The Balaban J connectivity index is 1.61. The highest BCUT2D eigenvalue weighted by atomic mass is 16.5. The molecule has 0 saturated carbocycles. The molecule has 1 N–H and O–H groups in total. The van der Waals surface area contributed by atoms with Crippen LogP contribution in [0.15, 0.2) is 30.3 Å². The van der Waals surface area contributed by atoms with Crippen LogP contribution < -0.4 is 5.32 Å². The molecule has 0 unspecified atom stereocenters. The van der Waals surface area contributed by atoms with Crippen LogP contribution >= 0.6 is 0 Å². The first kappa shape index (κ1) is 18.5. The van der Waals surface area contributed by atoms with Crippen LogP contribution in [0.3, 0.4) is 0 Å². The van der Waals surface area contributed by atoms with Gasteiger partial charge in [-0.1, -0.05) is 30.3 Å². The molecule has 2 heterocycles. The van der Waals surface area contributed by atoms with Gasteiger partial charge < -0.3 is 14.6 Å². The Hall–Kier alpha value is -2.25. The second kappa shape index (κ2) is 8.91. The lowest BCUT2D eigenvalue weighted by atomic mass is 10.2. The summed E-state index contributed by atoms with van der Waals surface area (Å²) in [5, 5.41) is 11.7. The molecule has 0 bridgehead atoms. The second-order valence-electron chi connectivity index (χ2n) is 6.67. The molecule has 1 atom stereocenters. The SMILES string of the molecule is COCCC(=O)N[C@@H](C)c1nnc2n1CCN(Cc1ccccc1)CC2. The van der Waals surface area contributed by atoms with Gasteiger partial charge in [-0.25, -0.2) is 0 Å². The van der Waals surface area contributed by atoms with E-state index in [2.05, 4.69) is 49.2 Å². The van der Waals surface area contributed by atoms with Gasteiger partial charge in [-0.3, -0.25) is 9.69 Å². The van der Waals surface area contributed by atoms with Crippen molar-refractivity contribution in [1.29, 1.82) is 0 Å². The van der Waals surface area contributed by atoms with Crippen LogP contribution in [0.4, 0.5) is 0 Å². The summed E-state index contributed by atoms with van der Waals surface area (Å²) in [6.45, 7) is 6.05.